The van der Waals surface area contributed by atoms with Crippen LogP contribution in [0.1, 0.15) is 55.8 Å². The van der Waals surface area contributed by atoms with E-state index >= 15 is 0 Å². The Hall–Kier alpha value is -2.24. The van der Waals surface area contributed by atoms with Gasteiger partial charge in [0.2, 0.25) is 0 Å². The minimum absolute atomic E-state index is 0.0233. The van der Waals surface area contributed by atoms with Crippen LogP contribution in [0.5, 0.6) is 0 Å². The number of fused-ring (bicyclic) bond motifs is 1. The summed E-state index contributed by atoms with van der Waals surface area (Å²) >= 11 is 0. The van der Waals surface area contributed by atoms with Crippen molar-refractivity contribution < 1.29 is 9.21 Å². The first-order valence-electron chi connectivity index (χ1n) is 8.16. The average molecular weight is 316 g/mol. The molecule has 2 amide bonds. The second-order valence-electron chi connectivity index (χ2n) is 6.42. The van der Waals surface area contributed by atoms with Crippen molar-refractivity contribution in [3.8, 4) is 0 Å². The maximum Gasteiger partial charge on any atom is 0.318 e. The Morgan fingerprint density at radius 2 is 2.39 bits per heavy atom. The van der Waals surface area contributed by atoms with E-state index in [9.17, 15) is 4.79 Å². The predicted octanol–water partition coefficient (Wildman–Crippen LogP) is 3.28. The van der Waals surface area contributed by atoms with Crippen molar-refractivity contribution in [3.63, 3.8) is 0 Å². The van der Waals surface area contributed by atoms with Crippen molar-refractivity contribution in [1.29, 1.82) is 0 Å². The van der Waals surface area contributed by atoms with Crippen LogP contribution in [0.3, 0.4) is 0 Å². The Morgan fingerprint density at radius 1 is 1.57 bits per heavy atom. The molecule has 0 saturated carbocycles. The van der Waals surface area contributed by atoms with Gasteiger partial charge >= 0.3 is 6.03 Å². The molecule has 2 aromatic heterocycles. The van der Waals surface area contributed by atoms with E-state index in [0.29, 0.717) is 6.54 Å². The maximum atomic E-state index is 12.5. The Kier molecular flexibility index (Phi) is 4.41. The van der Waals surface area contributed by atoms with Gasteiger partial charge in [-0.25, -0.2) is 4.79 Å². The van der Waals surface area contributed by atoms with Crippen LogP contribution in [0.4, 0.5) is 4.79 Å². The van der Waals surface area contributed by atoms with Gasteiger partial charge in [0.1, 0.15) is 5.76 Å². The molecule has 0 aromatic carbocycles. The summed E-state index contributed by atoms with van der Waals surface area (Å²) in [7, 11) is 1.78. The van der Waals surface area contributed by atoms with Crippen molar-refractivity contribution in [2.45, 2.75) is 51.7 Å². The quantitative estimate of drug-likeness (QED) is 0.941. The highest BCUT2D eigenvalue weighted by atomic mass is 16.3. The van der Waals surface area contributed by atoms with Gasteiger partial charge in [0, 0.05) is 13.1 Å². The van der Waals surface area contributed by atoms with E-state index in [2.05, 4.69) is 24.3 Å². The van der Waals surface area contributed by atoms with Gasteiger partial charge in [-0.15, -0.1) is 0 Å². The summed E-state index contributed by atoms with van der Waals surface area (Å²) in [4.78, 5) is 14.1. The standard InChI is InChI=1S/C17H24N4O2/c1-12(2)21-16-13(10-18-21)6-4-8-15(16)19-17(22)20(3)11-14-7-5-9-23-14/h5,7,9-10,12,15H,4,6,8,11H2,1-3H3,(H,19,22). The zero-order chi connectivity index (χ0) is 16.4. The molecule has 0 spiro atoms. The molecule has 124 valence electrons. The SMILES string of the molecule is CC(C)n1ncc2c1C(NC(=O)N(C)Cc1ccco1)CCC2. The summed E-state index contributed by atoms with van der Waals surface area (Å²) in [5.41, 5.74) is 2.41. The first kappa shape index (κ1) is 15.6. The zero-order valence-corrected chi connectivity index (χ0v) is 14.0. The lowest BCUT2D eigenvalue weighted by molar-refractivity contribution is 0.196. The van der Waals surface area contributed by atoms with Crippen LogP contribution in [0.2, 0.25) is 0 Å². The van der Waals surface area contributed by atoms with Gasteiger partial charge in [0.05, 0.1) is 30.7 Å². The largest absolute Gasteiger partial charge is 0.467 e. The average Bonchev–Trinajstić information content (AvgIpc) is 3.16. The number of hydrogen-bond acceptors (Lipinski definition) is 3. The van der Waals surface area contributed by atoms with Crippen molar-refractivity contribution in [2.75, 3.05) is 7.05 Å². The molecule has 6 heteroatoms. The highest BCUT2D eigenvalue weighted by molar-refractivity contribution is 5.74. The number of furan rings is 1. The van der Waals surface area contributed by atoms with E-state index in [-0.39, 0.29) is 18.1 Å². The number of aromatic nitrogens is 2. The first-order valence-corrected chi connectivity index (χ1v) is 8.16. The van der Waals surface area contributed by atoms with E-state index in [1.807, 2.05) is 23.0 Å². The highest BCUT2D eigenvalue weighted by Gasteiger charge is 2.28. The van der Waals surface area contributed by atoms with Crippen LogP contribution >= 0.6 is 0 Å². The summed E-state index contributed by atoms with van der Waals surface area (Å²) < 4.78 is 7.34. The predicted molar refractivity (Wildman–Crippen MR) is 87.0 cm³/mol. The Bertz CT molecular complexity index is 660. The van der Waals surface area contributed by atoms with Crippen molar-refractivity contribution in [1.82, 2.24) is 20.0 Å². The third-order valence-corrected chi connectivity index (χ3v) is 4.29. The minimum atomic E-state index is -0.0873. The molecule has 1 unspecified atom stereocenters. The number of carbonyl (C=O) groups excluding carboxylic acids is 1. The van der Waals surface area contributed by atoms with E-state index in [4.69, 9.17) is 4.42 Å². The van der Waals surface area contributed by atoms with Crippen LogP contribution in [0.15, 0.2) is 29.0 Å². The lowest BCUT2D eigenvalue weighted by Crippen LogP contribution is -2.40. The number of urea groups is 1. The molecule has 23 heavy (non-hydrogen) atoms. The summed E-state index contributed by atoms with van der Waals surface area (Å²) in [6, 6.07) is 3.93. The molecule has 0 aliphatic heterocycles. The zero-order valence-electron chi connectivity index (χ0n) is 14.0. The number of aryl methyl sites for hydroxylation is 1. The topological polar surface area (TPSA) is 63.3 Å². The minimum Gasteiger partial charge on any atom is -0.467 e. The number of hydrogen-bond donors (Lipinski definition) is 1. The van der Waals surface area contributed by atoms with Crippen molar-refractivity contribution in [2.24, 2.45) is 0 Å². The first-order chi connectivity index (χ1) is 11.1. The third-order valence-electron chi connectivity index (χ3n) is 4.29. The van der Waals surface area contributed by atoms with Gasteiger partial charge in [-0.05, 0) is 50.8 Å². The molecule has 1 aliphatic rings. The highest BCUT2D eigenvalue weighted by Crippen LogP contribution is 2.31. The Balaban J connectivity index is 1.71. The maximum absolute atomic E-state index is 12.5. The summed E-state index contributed by atoms with van der Waals surface area (Å²) in [5.74, 6) is 0.777. The molecule has 0 bridgehead atoms. The summed E-state index contributed by atoms with van der Waals surface area (Å²) in [6.45, 7) is 4.69. The monoisotopic (exact) mass is 316 g/mol. The van der Waals surface area contributed by atoms with Gasteiger partial charge < -0.3 is 14.6 Å². The molecule has 1 aliphatic carbocycles. The van der Waals surface area contributed by atoms with Gasteiger partial charge in [0.15, 0.2) is 0 Å². The molecule has 2 heterocycles. The van der Waals surface area contributed by atoms with Crippen molar-refractivity contribution in [3.05, 3.63) is 41.6 Å². The molecular weight excluding hydrogens is 292 g/mol. The van der Waals surface area contributed by atoms with E-state index in [1.54, 1.807) is 18.2 Å². The second kappa shape index (κ2) is 6.48. The van der Waals surface area contributed by atoms with Crippen LogP contribution < -0.4 is 5.32 Å². The number of nitrogens with zero attached hydrogens (tertiary/aromatic N) is 3. The fourth-order valence-corrected chi connectivity index (χ4v) is 3.14. The van der Waals surface area contributed by atoms with Crippen LogP contribution in [-0.4, -0.2) is 27.8 Å². The molecule has 2 aromatic rings. The molecule has 0 fully saturated rings. The number of carbonyl (C=O) groups is 1. The molecular formula is C17H24N4O2. The Morgan fingerprint density at radius 3 is 3.09 bits per heavy atom. The normalized spacial score (nSPS) is 17.1. The lowest BCUT2D eigenvalue weighted by atomic mass is 9.93. The van der Waals surface area contributed by atoms with E-state index < -0.39 is 0 Å². The molecule has 6 nitrogen and oxygen atoms in total. The van der Waals surface area contributed by atoms with Gasteiger partial charge in [-0.3, -0.25) is 4.68 Å². The lowest BCUT2D eigenvalue weighted by Gasteiger charge is -2.28. The van der Waals surface area contributed by atoms with Gasteiger partial charge in [0.25, 0.3) is 0 Å². The molecule has 3 rings (SSSR count). The number of nitrogens with one attached hydrogen (secondary N) is 1. The fraction of sp³-hybridized carbons (Fsp3) is 0.529. The van der Waals surface area contributed by atoms with Crippen LogP contribution in [0.25, 0.3) is 0 Å². The van der Waals surface area contributed by atoms with Crippen LogP contribution in [0, 0.1) is 0 Å². The van der Waals surface area contributed by atoms with E-state index in [1.165, 1.54) is 5.56 Å². The Labute approximate surface area is 136 Å². The van der Waals surface area contributed by atoms with E-state index in [0.717, 1.165) is 30.7 Å². The molecule has 0 radical (unpaired) electrons. The second-order valence-corrected chi connectivity index (χ2v) is 6.42. The summed E-state index contributed by atoms with van der Waals surface area (Å²) in [5, 5.41) is 7.65. The van der Waals surface area contributed by atoms with Crippen molar-refractivity contribution >= 4 is 6.03 Å². The van der Waals surface area contributed by atoms with Crippen LogP contribution in [-0.2, 0) is 13.0 Å². The van der Waals surface area contributed by atoms with Gasteiger partial charge in [-0.2, -0.15) is 5.10 Å². The molecule has 1 atom stereocenters. The molecule has 1 N–H and O–H groups in total. The fourth-order valence-electron chi connectivity index (χ4n) is 3.14. The smallest absolute Gasteiger partial charge is 0.318 e. The summed E-state index contributed by atoms with van der Waals surface area (Å²) in [6.07, 6.45) is 6.63. The number of amides is 2. The molecule has 0 saturated heterocycles. The number of rotatable bonds is 4. The van der Waals surface area contributed by atoms with Gasteiger partial charge in [-0.1, -0.05) is 0 Å². The third kappa shape index (κ3) is 3.25.